The molecule has 5 N–H and O–H groups in total. The van der Waals surface area contributed by atoms with Gasteiger partial charge in [-0.2, -0.15) is 5.90 Å². The van der Waals surface area contributed by atoms with Gasteiger partial charge in [0.05, 0.1) is 11.1 Å². The van der Waals surface area contributed by atoms with E-state index in [0.717, 1.165) is 78.5 Å². The van der Waals surface area contributed by atoms with Crippen LogP contribution in [0.2, 0.25) is 0 Å². The van der Waals surface area contributed by atoms with Crippen molar-refractivity contribution in [1.82, 2.24) is 9.80 Å². The van der Waals surface area contributed by atoms with Gasteiger partial charge in [-0.05, 0) is 123 Å². The van der Waals surface area contributed by atoms with E-state index < -0.39 is 11.9 Å². The second-order valence-electron chi connectivity index (χ2n) is 15.2. The van der Waals surface area contributed by atoms with Gasteiger partial charge in [0.1, 0.15) is 5.00 Å². The average molecular weight is 824 g/mol. The number of nitrogens with one attached hydrogen (secondary N) is 2. The molecule has 1 heterocycles. The van der Waals surface area contributed by atoms with Gasteiger partial charge in [0.25, 0.3) is 11.8 Å². The number of carboxylic acids is 1. The van der Waals surface area contributed by atoms with E-state index >= 15 is 0 Å². The van der Waals surface area contributed by atoms with Crippen LogP contribution in [0.4, 0.5) is 10.7 Å². The molecular weight excluding hydrogens is 767 g/mol. The minimum absolute atomic E-state index is 0.00560. The summed E-state index contributed by atoms with van der Waals surface area (Å²) in [4.78, 5) is 72.6. The van der Waals surface area contributed by atoms with Crippen LogP contribution in [-0.2, 0) is 46.7 Å². The number of carbonyl (C=O) groups is 5. The van der Waals surface area contributed by atoms with Gasteiger partial charge < -0.3 is 25.5 Å². The van der Waals surface area contributed by atoms with E-state index in [2.05, 4.69) is 34.2 Å². The summed E-state index contributed by atoms with van der Waals surface area (Å²) in [5, 5.41) is 15.6. The number of carbonyl (C=O) groups excluding carboxylic acids is 4. The van der Waals surface area contributed by atoms with Crippen LogP contribution in [0, 0.1) is 0 Å². The molecule has 0 radical (unpaired) electrons. The first kappa shape index (κ1) is 44.7. The standard InChI is InChI=1S/C46H57N5O7S/c1-4-37(5-2)51(28-27-50(3)40(52)15-8-9-16-41(53)54)30-33-11-10-12-35(29-33)43(55)49-45-42(38-13-6-7-14-39(38)59-45)44(56)48-36-25-21-32(22-26-36)18-17-31-19-23-34(24-20-31)46(57)58-47/h10-12,19-26,29,37H,4-9,13-18,27-28,30,47H2,1-3H3,(H,48,56)(H,49,55)(H,53,54). The smallest absolute Gasteiger partial charge is 0.356 e. The summed E-state index contributed by atoms with van der Waals surface area (Å²) in [6, 6.07) is 22.8. The van der Waals surface area contributed by atoms with Gasteiger partial charge in [-0.1, -0.05) is 50.2 Å². The highest BCUT2D eigenvalue weighted by molar-refractivity contribution is 7.17. The number of likely N-dealkylation sites (N-methyl/N-ethyl adjacent to an activating group) is 1. The van der Waals surface area contributed by atoms with E-state index in [1.54, 1.807) is 30.1 Å². The lowest BCUT2D eigenvalue weighted by Crippen LogP contribution is -2.41. The number of fused-ring (bicyclic) bond motifs is 1. The zero-order valence-corrected chi connectivity index (χ0v) is 35.2. The maximum Gasteiger partial charge on any atom is 0.356 e. The molecule has 0 saturated carbocycles. The quantitative estimate of drug-likeness (QED) is 0.0480. The van der Waals surface area contributed by atoms with Gasteiger partial charge in [0, 0.05) is 61.7 Å². The summed E-state index contributed by atoms with van der Waals surface area (Å²) < 4.78 is 0. The number of aryl methyl sites for hydroxylation is 3. The number of thiophene rings is 1. The first-order valence-corrected chi connectivity index (χ1v) is 21.5. The summed E-state index contributed by atoms with van der Waals surface area (Å²) in [6.45, 7) is 6.11. The molecule has 3 aromatic carbocycles. The van der Waals surface area contributed by atoms with Crippen molar-refractivity contribution in [2.75, 3.05) is 30.8 Å². The summed E-state index contributed by atoms with van der Waals surface area (Å²) >= 11 is 1.49. The highest BCUT2D eigenvalue weighted by atomic mass is 32.1. The predicted octanol–water partition coefficient (Wildman–Crippen LogP) is 8.04. The molecule has 4 aromatic rings. The second-order valence-corrected chi connectivity index (χ2v) is 16.3. The van der Waals surface area contributed by atoms with Crippen LogP contribution in [0.5, 0.6) is 0 Å². The molecular formula is C46H57N5O7S. The molecule has 1 aliphatic carbocycles. The lowest BCUT2D eigenvalue weighted by Gasteiger charge is -2.32. The molecule has 0 aliphatic heterocycles. The number of benzene rings is 3. The Balaban J connectivity index is 1.22. The van der Waals surface area contributed by atoms with Crippen molar-refractivity contribution < 1.29 is 33.9 Å². The van der Waals surface area contributed by atoms with Crippen molar-refractivity contribution in [2.45, 2.75) is 103 Å². The number of hydrogen-bond donors (Lipinski definition) is 4. The minimum atomic E-state index is -0.848. The highest BCUT2D eigenvalue weighted by Gasteiger charge is 2.27. The lowest BCUT2D eigenvalue weighted by molar-refractivity contribution is -0.137. The predicted molar refractivity (Wildman–Crippen MR) is 232 cm³/mol. The van der Waals surface area contributed by atoms with E-state index in [9.17, 15) is 24.0 Å². The minimum Gasteiger partial charge on any atom is -0.481 e. The van der Waals surface area contributed by atoms with Crippen molar-refractivity contribution in [3.63, 3.8) is 0 Å². The average Bonchev–Trinajstić information content (AvgIpc) is 3.62. The number of hydrogen-bond acceptors (Lipinski definition) is 9. The molecule has 0 atom stereocenters. The normalized spacial score (nSPS) is 12.2. The van der Waals surface area contributed by atoms with Crippen LogP contribution in [-0.4, -0.2) is 70.7 Å². The van der Waals surface area contributed by atoms with Gasteiger partial charge in [-0.15, -0.1) is 11.3 Å². The molecule has 0 bridgehead atoms. The van der Waals surface area contributed by atoms with Gasteiger partial charge in [-0.25, -0.2) is 4.79 Å². The van der Waals surface area contributed by atoms with Crippen molar-refractivity contribution >= 4 is 51.7 Å². The number of nitrogens with two attached hydrogens (primary N) is 1. The van der Waals surface area contributed by atoms with Crippen LogP contribution < -0.4 is 16.5 Å². The highest BCUT2D eigenvalue weighted by Crippen LogP contribution is 2.39. The van der Waals surface area contributed by atoms with Crippen LogP contribution >= 0.6 is 11.3 Å². The summed E-state index contributed by atoms with van der Waals surface area (Å²) in [5.41, 5.74) is 6.25. The maximum absolute atomic E-state index is 14.0. The Morgan fingerprint density at radius 1 is 0.797 bits per heavy atom. The number of nitrogens with zero attached hydrogens (tertiary/aromatic N) is 2. The molecule has 0 fully saturated rings. The van der Waals surface area contributed by atoms with Crippen molar-refractivity contribution in [3.8, 4) is 0 Å². The lowest BCUT2D eigenvalue weighted by atomic mass is 9.95. The topological polar surface area (TPSA) is 171 Å². The molecule has 3 amide bonds. The monoisotopic (exact) mass is 823 g/mol. The van der Waals surface area contributed by atoms with E-state index in [1.165, 1.54) is 11.3 Å². The van der Waals surface area contributed by atoms with Gasteiger partial charge >= 0.3 is 11.9 Å². The number of anilines is 2. The zero-order valence-electron chi connectivity index (χ0n) is 34.4. The molecule has 314 valence electrons. The Kier molecular flexibility index (Phi) is 16.8. The van der Waals surface area contributed by atoms with E-state index in [1.807, 2.05) is 54.6 Å². The zero-order chi connectivity index (χ0) is 42.3. The fraction of sp³-hybridized carbons (Fsp3) is 0.413. The molecule has 0 saturated heterocycles. The van der Waals surface area contributed by atoms with Crippen LogP contribution in [0.15, 0.2) is 72.8 Å². The molecule has 59 heavy (non-hydrogen) atoms. The molecule has 0 spiro atoms. The number of aliphatic carboxylic acids is 1. The third kappa shape index (κ3) is 12.8. The first-order chi connectivity index (χ1) is 28.5. The Hall–Kier alpha value is -5.37. The van der Waals surface area contributed by atoms with Crippen LogP contribution in [0.25, 0.3) is 0 Å². The fourth-order valence-electron chi connectivity index (χ4n) is 7.57. The molecule has 12 nitrogen and oxygen atoms in total. The number of carboxylic acid groups (broad SMARTS) is 1. The van der Waals surface area contributed by atoms with Crippen molar-refractivity contribution in [3.05, 3.63) is 117 Å². The molecule has 1 aliphatic rings. The van der Waals surface area contributed by atoms with Gasteiger partial charge in [-0.3, -0.25) is 24.1 Å². The summed E-state index contributed by atoms with van der Waals surface area (Å²) in [6.07, 6.45) is 8.53. The van der Waals surface area contributed by atoms with Crippen LogP contribution in [0.1, 0.15) is 123 Å². The van der Waals surface area contributed by atoms with E-state index in [-0.39, 0.29) is 30.2 Å². The van der Waals surface area contributed by atoms with Gasteiger partial charge in [0.2, 0.25) is 5.91 Å². The molecule has 0 unspecified atom stereocenters. The largest absolute Gasteiger partial charge is 0.481 e. The van der Waals surface area contributed by atoms with E-state index in [4.69, 9.17) is 11.0 Å². The molecule has 13 heteroatoms. The SMILES string of the molecule is CCC(CC)N(CCN(C)C(=O)CCCCC(=O)O)Cc1cccc(C(=O)Nc2sc3c(c2C(=O)Nc2ccc(CCc4ccc(C(=O)ON)cc4)cc2)CCCC3)c1. The van der Waals surface area contributed by atoms with Crippen LogP contribution in [0.3, 0.4) is 0 Å². The third-order valence-electron chi connectivity index (χ3n) is 11.0. The van der Waals surface area contributed by atoms with Crippen molar-refractivity contribution in [1.29, 1.82) is 0 Å². The summed E-state index contributed by atoms with van der Waals surface area (Å²) in [7, 11) is 1.79. The number of rotatable bonds is 21. The second kappa shape index (κ2) is 22.1. The Bertz CT molecular complexity index is 2060. The Morgan fingerprint density at radius 3 is 2.12 bits per heavy atom. The first-order valence-electron chi connectivity index (χ1n) is 20.6. The third-order valence-corrected chi connectivity index (χ3v) is 12.3. The molecule has 1 aromatic heterocycles. The van der Waals surface area contributed by atoms with Gasteiger partial charge in [0.15, 0.2) is 0 Å². The Morgan fingerprint density at radius 2 is 1.46 bits per heavy atom. The fourth-order valence-corrected chi connectivity index (χ4v) is 8.85. The van der Waals surface area contributed by atoms with E-state index in [0.29, 0.717) is 66.3 Å². The molecule has 5 rings (SSSR count). The summed E-state index contributed by atoms with van der Waals surface area (Å²) in [5.74, 6) is 3.03. The van der Waals surface area contributed by atoms with Crippen molar-refractivity contribution in [2.24, 2.45) is 5.90 Å². The Labute approximate surface area is 351 Å². The maximum atomic E-state index is 14.0. The number of unbranched alkanes of at least 4 members (excludes halogenated alkanes) is 1. The number of amides is 3.